The van der Waals surface area contributed by atoms with Crippen LogP contribution in [0.2, 0.25) is 0 Å². The molecule has 148 valence electrons. The fraction of sp³-hybridized carbons (Fsp3) is 0.150. The topological polar surface area (TPSA) is 127 Å². The SMILES string of the molecule is Cc1ccc(-n2c(=O)[nH]cc(C(=O)Nc3c(C)cccc3[N+](=O)[O-])c2=O)cc1C. The van der Waals surface area contributed by atoms with E-state index >= 15 is 0 Å². The Kier molecular flexibility index (Phi) is 5.14. The van der Waals surface area contributed by atoms with Gasteiger partial charge in [-0.05, 0) is 49.6 Å². The minimum absolute atomic E-state index is 0.00849. The van der Waals surface area contributed by atoms with Gasteiger partial charge in [-0.1, -0.05) is 18.2 Å². The molecule has 0 atom stereocenters. The number of nitrogens with zero attached hydrogens (tertiary/aromatic N) is 2. The zero-order valence-electron chi connectivity index (χ0n) is 16.0. The number of anilines is 1. The summed E-state index contributed by atoms with van der Waals surface area (Å²) in [5.74, 6) is -0.860. The summed E-state index contributed by atoms with van der Waals surface area (Å²) in [6, 6.07) is 9.38. The predicted octanol–water partition coefficient (Wildman–Crippen LogP) is 2.61. The number of hydrogen-bond donors (Lipinski definition) is 2. The quantitative estimate of drug-likeness (QED) is 0.519. The summed E-state index contributed by atoms with van der Waals surface area (Å²) in [6.07, 6.45) is 1.00. The van der Waals surface area contributed by atoms with Gasteiger partial charge in [0.1, 0.15) is 11.3 Å². The number of aromatic nitrogens is 2. The maximum atomic E-state index is 12.9. The largest absolute Gasteiger partial charge is 0.333 e. The molecule has 0 bridgehead atoms. The van der Waals surface area contributed by atoms with Crippen LogP contribution in [0.1, 0.15) is 27.0 Å². The Bertz CT molecular complexity index is 1260. The van der Waals surface area contributed by atoms with Crippen molar-refractivity contribution < 1.29 is 9.72 Å². The number of rotatable bonds is 4. The third-order valence-corrected chi connectivity index (χ3v) is 4.66. The van der Waals surface area contributed by atoms with Crippen molar-refractivity contribution in [1.29, 1.82) is 0 Å². The van der Waals surface area contributed by atoms with E-state index in [1.807, 2.05) is 13.8 Å². The average molecular weight is 394 g/mol. The summed E-state index contributed by atoms with van der Waals surface area (Å²) in [4.78, 5) is 50.8. The van der Waals surface area contributed by atoms with E-state index in [-0.39, 0.29) is 16.9 Å². The van der Waals surface area contributed by atoms with Gasteiger partial charge in [0.2, 0.25) is 0 Å². The Morgan fingerprint density at radius 2 is 1.79 bits per heavy atom. The van der Waals surface area contributed by atoms with E-state index in [1.54, 1.807) is 31.2 Å². The van der Waals surface area contributed by atoms with Gasteiger partial charge in [0.25, 0.3) is 17.2 Å². The third-order valence-electron chi connectivity index (χ3n) is 4.66. The van der Waals surface area contributed by atoms with Crippen LogP contribution >= 0.6 is 0 Å². The molecule has 1 amide bonds. The van der Waals surface area contributed by atoms with E-state index in [0.29, 0.717) is 11.3 Å². The minimum Gasteiger partial charge on any atom is -0.316 e. The predicted molar refractivity (Wildman–Crippen MR) is 108 cm³/mol. The highest BCUT2D eigenvalue weighted by atomic mass is 16.6. The van der Waals surface area contributed by atoms with Gasteiger partial charge in [-0.15, -0.1) is 0 Å². The summed E-state index contributed by atoms with van der Waals surface area (Å²) in [5, 5.41) is 13.7. The van der Waals surface area contributed by atoms with Crippen molar-refractivity contribution >= 4 is 17.3 Å². The molecule has 0 aliphatic rings. The number of nitro groups is 1. The van der Waals surface area contributed by atoms with Crippen LogP contribution in [0.15, 0.2) is 52.2 Å². The van der Waals surface area contributed by atoms with Crippen molar-refractivity contribution in [1.82, 2.24) is 9.55 Å². The van der Waals surface area contributed by atoms with Gasteiger partial charge < -0.3 is 10.3 Å². The zero-order chi connectivity index (χ0) is 21.3. The van der Waals surface area contributed by atoms with E-state index in [0.717, 1.165) is 21.9 Å². The number of carbonyl (C=O) groups excluding carboxylic acids is 1. The lowest BCUT2D eigenvalue weighted by molar-refractivity contribution is -0.384. The van der Waals surface area contributed by atoms with Crippen LogP contribution < -0.4 is 16.6 Å². The van der Waals surface area contributed by atoms with Crippen LogP contribution in [0.25, 0.3) is 5.69 Å². The highest BCUT2D eigenvalue weighted by Gasteiger charge is 2.21. The first-order valence-electron chi connectivity index (χ1n) is 8.68. The molecule has 29 heavy (non-hydrogen) atoms. The monoisotopic (exact) mass is 394 g/mol. The number of amides is 1. The first kappa shape index (κ1) is 19.7. The molecule has 9 nitrogen and oxygen atoms in total. The number of nitro benzene ring substituents is 1. The summed E-state index contributed by atoms with van der Waals surface area (Å²) < 4.78 is 0.855. The molecule has 0 spiro atoms. The van der Waals surface area contributed by atoms with Gasteiger partial charge in [-0.3, -0.25) is 19.7 Å². The van der Waals surface area contributed by atoms with E-state index in [2.05, 4.69) is 10.3 Å². The maximum Gasteiger partial charge on any atom is 0.333 e. The normalized spacial score (nSPS) is 10.6. The van der Waals surface area contributed by atoms with Crippen molar-refractivity contribution in [3.63, 3.8) is 0 Å². The molecular weight excluding hydrogens is 376 g/mol. The number of H-pyrrole nitrogens is 1. The lowest BCUT2D eigenvalue weighted by atomic mass is 10.1. The van der Waals surface area contributed by atoms with Gasteiger partial charge in [0.15, 0.2) is 0 Å². The number of hydrogen-bond acceptors (Lipinski definition) is 5. The number of benzene rings is 2. The zero-order valence-corrected chi connectivity index (χ0v) is 16.0. The molecular formula is C20H18N4O5. The minimum atomic E-state index is -0.860. The molecule has 2 N–H and O–H groups in total. The van der Waals surface area contributed by atoms with Gasteiger partial charge >= 0.3 is 5.69 Å². The van der Waals surface area contributed by atoms with E-state index in [1.165, 1.54) is 12.1 Å². The van der Waals surface area contributed by atoms with Crippen LogP contribution in [0.4, 0.5) is 11.4 Å². The van der Waals surface area contributed by atoms with Gasteiger partial charge in [0.05, 0.1) is 10.6 Å². The maximum absolute atomic E-state index is 12.9. The molecule has 1 aromatic heterocycles. The molecule has 9 heteroatoms. The lowest BCUT2D eigenvalue weighted by Crippen LogP contribution is -2.38. The Balaban J connectivity index is 2.09. The molecule has 3 rings (SSSR count). The number of carbonyl (C=O) groups is 1. The van der Waals surface area contributed by atoms with Crippen LogP contribution in [0.3, 0.4) is 0 Å². The molecule has 0 saturated heterocycles. The Labute approximate surface area is 164 Å². The van der Waals surface area contributed by atoms with Crippen molar-refractivity contribution in [2.24, 2.45) is 0 Å². The lowest BCUT2D eigenvalue weighted by Gasteiger charge is -2.11. The number of aryl methyl sites for hydroxylation is 3. The molecule has 0 aliphatic carbocycles. The Morgan fingerprint density at radius 3 is 2.45 bits per heavy atom. The van der Waals surface area contributed by atoms with Crippen LogP contribution in [0, 0.1) is 30.9 Å². The first-order valence-corrected chi connectivity index (χ1v) is 8.68. The second-order valence-corrected chi connectivity index (χ2v) is 6.60. The van der Waals surface area contributed by atoms with Crippen molar-refractivity contribution in [3.8, 4) is 5.69 Å². The number of aromatic amines is 1. The van der Waals surface area contributed by atoms with Gasteiger partial charge in [-0.2, -0.15) is 0 Å². The Hall–Kier alpha value is -4.01. The highest BCUT2D eigenvalue weighted by molar-refractivity contribution is 6.05. The second-order valence-electron chi connectivity index (χ2n) is 6.60. The molecule has 0 unspecified atom stereocenters. The second kappa shape index (κ2) is 7.55. The van der Waals surface area contributed by atoms with E-state index in [9.17, 15) is 24.5 Å². The molecule has 0 saturated carbocycles. The fourth-order valence-corrected chi connectivity index (χ4v) is 2.88. The summed E-state index contributed by atoms with van der Waals surface area (Å²) >= 11 is 0. The van der Waals surface area contributed by atoms with Crippen LogP contribution in [-0.4, -0.2) is 20.4 Å². The molecule has 0 aliphatic heterocycles. The van der Waals surface area contributed by atoms with Crippen molar-refractivity contribution in [3.05, 3.63) is 95.8 Å². The van der Waals surface area contributed by atoms with Gasteiger partial charge in [-0.25, -0.2) is 9.36 Å². The summed E-state index contributed by atoms with van der Waals surface area (Å²) in [7, 11) is 0. The molecule has 0 fully saturated rings. The van der Waals surface area contributed by atoms with Crippen molar-refractivity contribution in [2.75, 3.05) is 5.32 Å². The summed E-state index contributed by atoms with van der Waals surface area (Å²) in [6.45, 7) is 5.33. The average Bonchev–Trinajstić information content (AvgIpc) is 2.66. The van der Waals surface area contributed by atoms with Crippen LogP contribution in [-0.2, 0) is 0 Å². The third kappa shape index (κ3) is 3.70. The number of nitrogens with one attached hydrogen (secondary N) is 2. The van der Waals surface area contributed by atoms with E-state index in [4.69, 9.17) is 0 Å². The molecule has 1 heterocycles. The van der Waals surface area contributed by atoms with Gasteiger partial charge in [0, 0.05) is 12.3 Å². The molecule has 0 radical (unpaired) electrons. The molecule has 3 aromatic rings. The first-order chi connectivity index (χ1) is 13.7. The number of para-hydroxylation sites is 1. The smallest absolute Gasteiger partial charge is 0.316 e. The fourth-order valence-electron chi connectivity index (χ4n) is 2.88. The van der Waals surface area contributed by atoms with Crippen molar-refractivity contribution in [2.45, 2.75) is 20.8 Å². The molecule has 2 aromatic carbocycles. The Morgan fingerprint density at radius 1 is 1.07 bits per heavy atom. The standard InChI is InChI=1S/C20H18N4O5/c1-11-7-8-14(9-13(11)3)23-19(26)15(10-21-20(23)27)18(25)22-17-12(2)5-4-6-16(17)24(28)29/h4-10H,1-3H3,(H,21,27)(H,22,25). The summed E-state index contributed by atoms with van der Waals surface area (Å²) in [5.41, 5.74) is 0.464. The highest BCUT2D eigenvalue weighted by Crippen LogP contribution is 2.27. The van der Waals surface area contributed by atoms with E-state index < -0.39 is 22.1 Å². The van der Waals surface area contributed by atoms with Crippen LogP contribution in [0.5, 0.6) is 0 Å².